The van der Waals surface area contributed by atoms with E-state index in [0.717, 1.165) is 6.54 Å². The number of hydrogen-bond acceptors (Lipinski definition) is 4. The highest BCUT2D eigenvalue weighted by Crippen LogP contribution is 2.41. The Hall–Kier alpha value is -1.04. The first kappa shape index (κ1) is 12.4. The summed E-state index contributed by atoms with van der Waals surface area (Å²) >= 11 is 0. The van der Waals surface area contributed by atoms with Crippen LogP contribution in [-0.2, 0) is 6.54 Å². The molecule has 6 heteroatoms. The minimum atomic E-state index is -2.58. The van der Waals surface area contributed by atoms with Crippen LogP contribution in [0.1, 0.15) is 50.3 Å². The first-order valence-electron chi connectivity index (χ1n) is 6.01. The Balaban J connectivity index is 1.99. The molecule has 1 aromatic heterocycles. The van der Waals surface area contributed by atoms with Crippen LogP contribution in [0.15, 0.2) is 4.42 Å². The molecule has 0 aliphatic heterocycles. The molecule has 1 unspecified atom stereocenters. The summed E-state index contributed by atoms with van der Waals surface area (Å²) in [4.78, 5) is 0. The molecule has 0 bridgehead atoms. The van der Waals surface area contributed by atoms with Crippen LogP contribution in [0.4, 0.5) is 8.78 Å². The number of nitrogens with one attached hydrogen (secondary N) is 1. The van der Waals surface area contributed by atoms with E-state index in [0.29, 0.717) is 31.2 Å². The van der Waals surface area contributed by atoms with Gasteiger partial charge in [-0.25, -0.2) is 8.78 Å². The summed E-state index contributed by atoms with van der Waals surface area (Å²) in [5.41, 5.74) is 0. The molecular weight excluding hydrogens is 228 g/mol. The topological polar surface area (TPSA) is 51.0 Å². The molecule has 1 aromatic rings. The third-order valence-corrected chi connectivity index (χ3v) is 3.00. The van der Waals surface area contributed by atoms with Crippen LogP contribution < -0.4 is 5.32 Å². The predicted octanol–water partition coefficient (Wildman–Crippen LogP) is 2.47. The maximum Gasteiger partial charge on any atom is 0.248 e. The van der Waals surface area contributed by atoms with Gasteiger partial charge in [0.15, 0.2) is 0 Å². The summed E-state index contributed by atoms with van der Waals surface area (Å²) in [6, 6.07) is 0. The molecule has 1 heterocycles. The third kappa shape index (κ3) is 3.21. The summed E-state index contributed by atoms with van der Waals surface area (Å²) < 4.78 is 31.9. The molecule has 1 fully saturated rings. The van der Waals surface area contributed by atoms with E-state index in [-0.39, 0.29) is 18.8 Å². The van der Waals surface area contributed by atoms with Gasteiger partial charge < -0.3 is 9.73 Å². The second-order valence-electron chi connectivity index (χ2n) is 4.46. The summed E-state index contributed by atoms with van der Waals surface area (Å²) in [5, 5.41) is 10.8. The fourth-order valence-corrected chi connectivity index (χ4v) is 2.12. The molecule has 1 atom stereocenters. The number of alkyl halides is 2. The monoisotopic (exact) mass is 245 g/mol. The first-order valence-corrected chi connectivity index (χ1v) is 6.01. The second kappa shape index (κ2) is 5.08. The first-order chi connectivity index (χ1) is 8.11. The quantitative estimate of drug-likeness (QED) is 0.885. The van der Waals surface area contributed by atoms with Gasteiger partial charge in [0.25, 0.3) is 0 Å². The van der Waals surface area contributed by atoms with Gasteiger partial charge >= 0.3 is 0 Å². The normalized spacial score (nSPS) is 23.8. The lowest BCUT2D eigenvalue weighted by Gasteiger charge is -2.26. The van der Waals surface area contributed by atoms with E-state index in [2.05, 4.69) is 15.5 Å². The zero-order valence-electron chi connectivity index (χ0n) is 9.88. The molecule has 1 saturated carbocycles. The van der Waals surface area contributed by atoms with Crippen LogP contribution in [-0.4, -0.2) is 22.7 Å². The molecule has 0 amide bonds. The van der Waals surface area contributed by atoms with Gasteiger partial charge in [0.2, 0.25) is 17.7 Å². The average Bonchev–Trinajstić information content (AvgIpc) is 2.73. The lowest BCUT2D eigenvalue weighted by molar-refractivity contribution is -0.0436. The number of nitrogens with zero attached hydrogens (tertiary/aromatic N) is 2. The van der Waals surface area contributed by atoms with Gasteiger partial charge in [0, 0.05) is 18.8 Å². The largest absolute Gasteiger partial charge is 0.424 e. The van der Waals surface area contributed by atoms with Crippen molar-refractivity contribution in [3.8, 4) is 0 Å². The van der Waals surface area contributed by atoms with Crippen molar-refractivity contribution in [1.82, 2.24) is 15.5 Å². The molecular formula is C11H17F2N3O. The predicted molar refractivity (Wildman–Crippen MR) is 57.8 cm³/mol. The van der Waals surface area contributed by atoms with Crippen LogP contribution in [0, 0.1) is 0 Å². The summed E-state index contributed by atoms with van der Waals surface area (Å²) in [6.45, 7) is 3.27. The van der Waals surface area contributed by atoms with Crippen LogP contribution in [0.25, 0.3) is 0 Å². The molecule has 1 aliphatic carbocycles. The Morgan fingerprint density at radius 3 is 3.00 bits per heavy atom. The van der Waals surface area contributed by atoms with Crippen LogP contribution in [0.5, 0.6) is 0 Å². The molecule has 2 rings (SSSR count). The SMILES string of the molecule is CCNCc1nnc(C2CCCC(F)(F)C2)o1. The zero-order chi connectivity index (χ0) is 12.3. The fourth-order valence-electron chi connectivity index (χ4n) is 2.12. The van der Waals surface area contributed by atoms with Gasteiger partial charge in [0.1, 0.15) is 0 Å². The summed E-state index contributed by atoms with van der Waals surface area (Å²) in [5.74, 6) is -2.05. The molecule has 1 N–H and O–H groups in total. The second-order valence-corrected chi connectivity index (χ2v) is 4.46. The molecule has 0 saturated heterocycles. The highest BCUT2D eigenvalue weighted by molar-refractivity contribution is 4.96. The number of hydrogen-bond donors (Lipinski definition) is 1. The molecule has 0 radical (unpaired) electrons. The molecule has 0 spiro atoms. The van der Waals surface area contributed by atoms with Gasteiger partial charge in [0.05, 0.1) is 6.54 Å². The Morgan fingerprint density at radius 1 is 1.47 bits per heavy atom. The molecule has 0 aromatic carbocycles. The zero-order valence-corrected chi connectivity index (χ0v) is 9.88. The molecule has 17 heavy (non-hydrogen) atoms. The summed E-state index contributed by atoms with van der Waals surface area (Å²) in [7, 11) is 0. The average molecular weight is 245 g/mol. The highest BCUT2D eigenvalue weighted by atomic mass is 19.3. The van der Waals surface area contributed by atoms with Crippen molar-refractivity contribution in [3.05, 3.63) is 11.8 Å². The van der Waals surface area contributed by atoms with Crippen molar-refractivity contribution in [1.29, 1.82) is 0 Å². The third-order valence-electron chi connectivity index (χ3n) is 3.00. The van der Waals surface area contributed by atoms with Gasteiger partial charge in [-0.05, 0) is 19.4 Å². The van der Waals surface area contributed by atoms with E-state index < -0.39 is 5.92 Å². The van der Waals surface area contributed by atoms with Gasteiger partial charge in [-0.2, -0.15) is 0 Å². The minimum Gasteiger partial charge on any atom is -0.424 e. The Bertz CT molecular complexity index is 367. The number of halogens is 2. The molecule has 1 aliphatic rings. The van der Waals surface area contributed by atoms with Crippen molar-refractivity contribution in [2.24, 2.45) is 0 Å². The highest BCUT2D eigenvalue weighted by Gasteiger charge is 2.38. The van der Waals surface area contributed by atoms with Crippen molar-refractivity contribution in [2.45, 2.75) is 51.0 Å². The maximum atomic E-state index is 13.2. The van der Waals surface area contributed by atoms with Crippen molar-refractivity contribution in [2.75, 3.05) is 6.54 Å². The Kier molecular flexibility index (Phi) is 3.71. The number of rotatable bonds is 4. The van der Waals surface area contributed by atoms with Crippen LogP contribution in [0.2, 0.25) is 0 Å². The number of aromatic nitrogens is 2. The Morgan fingerprint density at radius 2 is 2.29 bits per heavy atom. The van der Waals surface area contributed by atoms with Gasteiger partial charge in [-0.15, -0.1) is 10.2 Å². The smallest absolute Gasteiger partial charge is 0.248 e. The van der Waals surface area contributed by atoms with Crippen LogP contribution >= 0.6 is 0 Å². The Labute approximate surface area is 98.8 Å². The van der Waals surface area contributed by atoms with E-state index in [9.17, 15) is 8.78 Å². The standard InChI is InChI=1S/C11H17F2N3O/c1-2-14-7-9-15-16-10(17-9)8-4-3-5-11(12,13)6-8/h8,14H,2-7H2,1H3. The van der Waals surface area contributed by atoms with Gasteiger partial charge in [-0.3, -0.25) is 0 Å². The van der Waals surface area contributed by atoms with Crippen molar-refractivity contribution < 1.29 is 13.2 Å². The van der Waals surface area contributed by atoms with E-state index in [1.54, 1.807) is 0 Å². The van der Waals surface area contributed by atoms with E-state index >= 15 is 0 Å². The maximum absolute atomic E-state index is 13.2. The lowest BCUT2D eigenvalue weighted by Crippen LogP contribution is -2.25. The van der Waals surface area contributed by atoms with Crippen molar-refractivity contribution in [3.63, 3.8) is 0 Å². The minimum absolute atomic E-state index is 0.0259. The lowest BCUT2D eigenvalue weighted by atomic mass is 9.86. The van der Waals surface area contributed by atoms with E-state index in [1.807, 2.05) is 6.92 Å². The van der Waals surface area contributed by atoms with Gasteiger partial charge in [-0.1, -0.05) is 6.92 Å². The fraction of sp³-hybridized carbons (Fsp3) is 0.818. The van der Waals surface area contributed by atoms with Crippen LogP contribution in [0.3, 0.4) is 0 Å². The summed E-state index contributed by atoms with van der Waals surface area (Å²) in [6.07, 6.45) is 1.03. The molecule has 96 valence electrons. The molecule has 4 nitrogen and oxygen atoms in total. The van der Waals surface area contributed by atoms with E-state index in [4.69, 9.17) is 4.42 Å². The van der Waals surface area contributed by atoms with Crippen molar-refractivity contribution >= 4 is 0 Å². The van der Waals surface area contributed by atoms with E-state index in [1.165, 1.54) is 0 Å².